The van der Waals surface area contributed by atoms with Crippen LogP contribution in [0.5, 0.6) is 5.75 Å². The van der Waals surface area contributed by atoms with E-state index in [0.29, 0.717) is 24.5 Å². The van der Waals surface area contributed by atoms with E-state index in [2.05, 4.69) is 34.5 Å². The monoisotopic (exact) mass is 394 g/mol. The number of ether oxygens (including phenoxy) is 2. The van der Waals surface area contributed by atoms with Gasteiger partial charge in [0.15, 0.2) is 0 Å². The lowest BCUT2D eigenvalue weighted by Gasteiger charge is -2.28. The molecule has 0 saturated carbocycles. The SMILES string of the molecule is O=C(NC[C@H](c1ccccc1)N1CCCC1)c1ccccc1OC[C@H]1CCCO1. The lowest BCUT2D eigenvalue weighted by atomic mass is 10.1. The fourth-order valence-electron chi connectivity index (χ4n) is 4.21. The first kappa shape index (κ1) is 19.9. The number of hydrogen-bond acceptors (Lipinski definition) is 4. The highest BCUT2D eigenvalue weighted by Gasteiger charge is 2.24. The van der Waals surface area contributed by atoms with Gasteiger partial charge in [-0.2, -0.15) is 0 Å². The number of hydrogen-bond donors (Lipinski definition) is 1. The first-order valence-corrected chi connectivity index (χ1v) is 10.7. The molecule has 0 aromatic heterocycles. The molecule has 0 unspecified atom stereocenters. The Balaban J connectivity index is 1.41. The summed E-state index contributed by atoms with van der Waals surface area (Å²) in [4.78, 5) is 15.4. The van der Waals surface area contributed by atoms with Crippen LogP contribution in [-0.4, -0.2) is 49.8 Å². The van der Waals surface area contributed by atoms with Crippen LogP contribution in [0.4, 0.5) is 0 Å². The first-order valence-electron chi connectivity index (χ1n) is 10.7. The maximum absolute atomic E-state index is 13.0. The van der Waals surface area contributed by atoms with E-state index >= 15 is 0 Å². The summed E-state index contributed by atoms with van der Waals surface area (Å²) in [7, 11) is 0. The third-order valence-electron chi connectivity index (χ3n) is 5.80. The van der Waals surface area contributed by atoms with E-state index in [1.165, 1.54) is 18.4 Å². The Kier molecular flexibility index (Phi) is 6.80. The Morgan fingerprint density at radius 3 is 2.59 bits per heavy atom. The number of rotatable bonds is 8. The summed E-state index contributed by atoms with van der Waals surface area (Å²) in [5.74, 6) is 0.533. The molecule has 2 aromatic rings. The van der Waals surface area contributed by atoms with Gasteiger partial charge in [0.1, 0.15) is 12.4 Å². The standard InChI is InChI=1S/C24H30N2O3/c27-24(21-12-4-5-13-23(21)29-18-20-11-8-16-28-20)25-17-22(26-14-6-7-15-26)19-9-2-1-3-10-19/h1-5,9-10,12-13,20,22H,6-8,11,14-18H2,(H,25,27)/t20-,22-/m1/s1. The number of likely N-dealkylation sites (tertiary alicyclic amines) is 1. The van der Waals surface area contributed by atoms with Crippen LogP contribution in [0.2, 0.25) is 0 Å². The maximum atomic E-state index is 13.0. The van der Waals surface area contributed by atoms with Crippen molar-refractivity contribution in [2.45, 2.75) is 37.8 Å². The predicted octanol–water partition coefficient (Wildman–Crippen LogP) is 3.81. The van der Waals surface area contributed by atoms with Crippen molar-refractivity contribution >= 4 is 5.91 Å². The Labute approximate surface area is 173 Å². The number of para-hydroxylation sites is 1. The summed E-state index contributed by atoms with van der Waals surface area (Å²) >= 11 is 0. The van der Waals surface area contributed by atoms with Gasteiger partial charge in [0, 0.05) is 13.2 Å². The number of nitrogens with zero attached hydrogens (tertiary/aromatic N) is 1. The van der Waals surface area contributed by atoms with Crippen LogP contribution in [0.15, 0.2) is 54.6 Å². The topological polar surface area (TPSA) is 50.8 Å². The highest BCUT2D eigenvalue weighted by molar-refractivity contribution is 5.96. The van der Waals surface area contributed by atoms with Crippen molar-refractivity contribution in [3.63, 3.8) is 0 Å². The number of amides is 1. The Hall–Kier alpha value is -2.37. The number of carbonyl (C=O) groups is 1. The molecule has 0 radical (unpaired) electrons. The second kappa shape index (κ2) is 9.90. The van der Waals surface area contributed by atoms with Crippen molar-refractivity contribution in [2.75, 3.05) is 32.8 Å². The molecule has 1 N–H and O–H groups in total. The minimum Gasteiger partial charge on any atom is -0.490 e. The summed E-state index contributed by atoms with van der Waals surface area (Å²) < 4.78 is 11.6. The minimum absolute atomic E-state index is 0.0898. The van der Waals surface area contributed by atoms with Gasteiger partial charge in [-0.3, -0.25) is 9.69 Å². The number of carbonyl (C=O) groups excluding carboxylic acids is 1. The van der Waals surface area contributed by atoms with Crippen LogP contribution in [0, 0.1) is 0 Å². The van der Waals surface area contributed by atoms with Gasteiger partial charge in [0.2, 0.25) is 0 Å². The van der Waals surface area contributed by atoms with E-state index in [4.69, 9.17) is 9.47 Å². The fraction of sp³-hybridized carbons (Fsp3) is 0.458. The van der Waals surface area contributed by atoms with Crippen LogP contribution < -0.4 is 10.1 Å². The average Bonchev–Trinajstić information content (AvgIpc) is 3.48. The molecule has 1 amide bonds. The van der Waals surface area contributed by atoms with Gasteiger partial charge in [-0.05, 0) is 56.5 Å². The van der Waals surface area contributed by atoms with Crippen LogP contribution in [-0.2, 0) is 4.74 Å². The first-order chi connectivity index (χ1) is 14.3. The Morgan fingerprint density at radius 2 is 1.83 bits per heavy atom. The van der Waals surface area contributed by atoms with E-state index in [1.807, 2.05) is 30.3 Å². The number of benzene rings is 2. The molecule has 2 aromatic carbocycles. The van der Waals surface area contributed by atoms with Crippen molar-refractivity contribution in [2.24, 2.45) is 0 Å². The van der Waals surface area contributed by atoms with Gasteiger partial charge in [-0.15, -0.1) is 0 Å². The van der Waals surface area contributed by atoms with Gasteiger partial charge in [-0.1, -0.05) is 42.5 Å². The summed E-state index contributed by atoms with van der Waals surface area (Å²) in [6.07, 6.45) is 4.66. The van der Waals surface area contributed by atoms with Crippen LogP contribution in [0.1, 0.15) is 47.6 Å². The molecule has 0 spiro atoms. The second-order valence-corrected chi connectivity index (χ2v) is 7.82. The van der Waals surface area contributed by atoms with E-state index < -0.39 is 0 Å². The van der Waals surface area contributed by atoms with Crippen LogP contribution in [0.25, 0.3) is 0 Å². The van der Waals surface area contributed by atoms with Crippen molar-refractivity contribution in [3.05, 3.63) is 65.7 Å². The zero-order valence-electron chi connectivity index (χ0n) is 16.9. The fourth-order valence-corrected chi connectivity index (χ4v) is 4.21. The summed E-state index contributed by atoms with van der Waals surface area (Å²) in [5.41, 5.74) is 1.83. The van der Waals surface area contributed by atoms with E-state index in [-0.39, 0.29) is 18.1 Å². The van der Waals surface area contributed by atoms with Crippen LogP contribution >= 0.6 is 0 Å². The molecular formula is C24H30N2O3. The molecule has 0 bridgehead atoms. The van der Waals surface area contributed by atoms with E-state index in [0.717, 1.165) is 32.5 Å². The van der Waals surface area contributed by atoms with Gasteiger partial charge in [-0.25, -0.2) is 0 Å². The molecule has 2 saturated heterocycles. The molecule has 0 aliphatic carbocycles. The van der Waals surface area contributed by atoms with E-state index in [1.54, 1.807) is 0 Å². The largest absolute Gasteiger partial charge is 0.490 e. The predicted molar refractivity (Wildman–Crippen MR) is 113 cm³/mol. The second-order valence-electron chi connectivity index (χ2n) is 7.82. The molecule has 2 aliphatic heterocycles. The van der Waals surface area contributed by atoms with E-state index in [9.17, 15) is 4.79 Å². The van der Waals surface area contributed by atoms with Gasteiger partial charge < -0.3 is 14.8 Å². The Morgan fingerprint density at radius 1 is 1.07 bits per heavy atom. The van der Waals surface area contributed by atoms with Crippen molar-refractivity contribution in [3.8, 4) is 5.75 Å². The quantitative estimate of drug-likeness (QED) is 0.740. The third kappa shape index (κ3) is 5.17. The van der Waals surface area contributed by atoms with Gasteiger partial charge in [0.05, 0.1) is 17.7 Å². The molecule has 2 heterocycles. The van der Waals surface area contributed by atoms with Gasteiger partial charge >= 0.3 is 0 Å². The molecule has 2 aliphatic rings. The Bertz CT molecular complexity index is 784. The maximum Gasteiger partial charge on any atom is 0.255 e. The van der Waals surface area contributed by atoms with Crippen molar-refractivity contribution < 1.29 is 14.3 Å². The zero-order valence-corrected chi connectivity index (χ0v) is 16.9. The molecular weight excluding hydrogens is 364 g/mol. The highest BCUT2D eigenvalue weighted by atomic mass is 16.5. The summed E-state index contributed by atoms with van der Waals surface area (Å²) in [5, 5.41) is 3.15. The number of nitrogens with one attached hydrogen (secondary N) is 1. The lowest BCUT2D eigenvalue weighted by molar-refractivity contribution is 0.0670. The molecule has 29 heavy (non-hydrogen) atoms. The smallest absolute Gasteiger partial charge is 0.255 e. The molecule has 2 atom stereocenters. The molecule has 2 fully saturated rings. The highest BCUT2D eigenvalue weighted by Crippen LogP contribution is 2.25. The summed E-state index contributed by atoms with van der Waals surface area (Å²) in [6.45, 7) is 4.04. The van der Waals surface area contributed by atoms with Crippen molar-refractivity contribution in [1.82, 2.24) is 10.2 Å². The lowest BCUT2D eigenvalue weighted by Crippen LogP contribution is -2.37. The minimum atomic E-state index is -0.0898. The molecule has 5 nitrogen and oxygen atoms in total. The summed E-state index contributed by atoms with van der Waals surface area (Å²) in [6, 6.07) is 18.1. The molecule has 4 rings (SSSR count). The molecule has 154 valence electrons. The zero-order chi connectivity index (χ0) is 19.9. The van der Waals surface area contributed by atoms with Crippen molar-refractivity contribution in [1.29, 1.82) is 0 Å². The molecule has 5 heteroatoms. The third-order valence-corrected chi connectivity index (χ3v) is 5.80. The van der Waals surface area contributed by atoms with Gasteiger partial charge in [0.25, 0.3) is 5.91 Å². The average molecular weight is 395 g/mol. The van der Waals surface area contributed by atoms with Crippen LogP contribution in [0.3, 0.4) is 0 Å². The normalized spacial score (nSPS) is 20.5.